The molecule has 1 heterocycles. The largest absolute Gasteiger partial charge is 0.296 e. The highest BCUT2D eigenvalue weighted by molar-refractivity contribution is 8.01. The molecular weight excluding hydrogens is 452 g/mol. The number of carbonyl (C=O) groups is 1. The van der Waals surface area contributed by atoms with Crippen molar-refractivity contribution < 1.29 is 13.2 Å². The molecule has 0 radical (unpaired) electrons. The van der Waals surface area contributed by atoms with Crippen LogP contribution in [0.5, 0.6) is 0 Å². The van der Waals surface area contributed by atoms with Crippen molar-refractivity contribution >= 4 is 49.8 Å². The number of nitrogens with one attached hydrogen (secondary N) is 2. The van der Waals surface area contributed by atoms with Gasteiger partial charge in [-0.1, -0.05) is 49.1 Å². The topological polar surface area (TPSA) is 101 Å². The first-order valence-corrected chi connectivity index (χ1v) is 12.8. The van der Waals surface area contributed by atoms with E-state index in [4.69, 9.17) is 0 Å². The van der Waals surface area contributed by atoms with Gasteiger partial charge in [0, 0.05) is 16.5 Å². The van der Waals surface area contributed by atoms with Crippen LogP contribution in [0.3, 0.4) is 0 Å². The molecule has 0 aliphatic heterocycles. The number of carbonyl (C=O) groups excluding carboxylic acids is 1. The average Bonchev–Trinajstić information content (AvgIpc) is 3.10. The maximum absolute atomic E-state index is 13.0. The van der Waals surface area contributed by atoms with E-state index in [1.165, 1.54) is 17.4 Å². The van der Waals surface area contributed by atoms with Gasteiger partial charge in [0.15, 0.2) is 4.34 Å². The van der Waals surface area contributed by atoms with Crippen LogP contribution in [0.25, 0.3) is 0 Å². The molecule has 2 aromatic carbocycles. The van der Waals surface area contributed by atoms with Crippen LogP contribution in [0.4, 0.5) is 10.8 Å². The summed E-state index contributed by atoms with van der Waals surface area (Å²) in [5.74, 6) is -0.445. The molecule has 0 saturated carbocycles. The van der Waals surface area contributed by atoms with Crippen LogP contribution in [0.1, 0.15) is 40.9 Å². The van der Waals surface area contributed by atoms with Crippen molar-refractivity contribution in [2.75, 3.05) is 10.0 Å². The Bertz CT molecular complexity index is 1220. The summed E-state index contributed by atoms with van der Waals surface area (Å²) < 4.78 is 29.3. The Kier molecular flexibility index (Phi) is 7.03. The summed E-state index contributed by atoms with van der Waals surface area (Å²) in [6.45, 7) is 9.66. The number of hydrogen-bond donors (Lipinski definition) is 2. The second-order valence-corrected chi connectivity index (χ2v) is 11.8. The van der Waals surface area contributed by atoms with Crippen molar-refractivity contribution in [1.29, 1.82) is 0 Å². The van der Waals surface area contributed by atoms with Crippen LogP contribution >= 0.6 is 23.1 Å². The van der Waals surface area contributed by atoms with Gasteiger partial charge in [0.1, 0.15) is 0 Å². The molecule has 0 aliphatic rings. The lowest BCUT2D eigenvalue weighted by Gasteiger charge is -2.13. The van der Waals surface area contributed by atoms with E-state index < -0.39 is 15.9 Å². The van der Waals surface area contributed by atoms with E-state index in [0.717, 1.165) is 15.5 Å². The number of rotatable bonds is 7. The summed E-state index contributed by atoms with van der Waals surface area (Å²) in [5.41, 5.74) is 3.29. The van der Waals surface area contributed by atoms with Crippen molar-refractivity contribution in [2.24, 2.45) is 0 Å². The van der Waals surface area contributed by atoms with E-state index in [0.29, 0.717) is 21.6 Å². The monoisotopic (exact) mass is 476 g/mol. The Morgan fingerprint density at radius 3 is 2.39 bits per heavy atom. The minimum atomic E-state index is -3.87. The van der Waals surface area contributed by atoms with Crippen molar-refractivity contribution in [2.45, 2.75) is 49.1 Å². The molecule has 0 aliphatic carbocycles. The van der Waals surface area contributed by atoms with E-state index in [1.54, 1.807) is 43.0 Å². The quantitative estimate of drug-likeness (QED) is 0.367. The van der Waals surface area contributed by atoms with E-state index in [9.17, 15) is 13.2 Å². The van der Waals surface area contributed by atoms with Gasteiger partial charge in [0.25, 0.3) is 15.9 Å². The molecule has 0 atom stereocenters. The zero-order valence-electron chi connectivity index (χ0n) is 17.9. The molecule has 31 heavy (non-hydrogen) atoms. The molecule has 0 fully saturated rings. The van der Waals surface area contributed by atoms with Crippen LogP contribution in [-0.4, -0.2) is 29.8 Å². The smallest absolute Gasteiger partial charge is 0.262 e. The number of amides is 1. The molecule has 0 spiro atoms. The van der Waals surface area contributed by atoms with Gasteiger partial charge in [-0.05, 0) is 61.7 Å². The predicted molar refractivity (Wildman–Crippen MR) is 127 cm³/mol. The van der Waals surface area contributed by atoms with Crippen molar-refractivity contribution in [3.63, 3.8) is 0 Å². The maximum Gasteiger partial charge on any atom is 0.262 e. The van der Waals surface area contributed by atoms with Gasteiger partial charge in [-0.2, -0.15) is 0 Å². The summed E-state index contributed by atoms with van der Waals surface area (Å²) in [6.07, 6.45) is 0. The Balaban J connectivity index is 1.82. The Hall–Kier alpha value is -2.43. The van der Waals surface area contributed by atoms with Gasteiger partial charge < -0.3 is 0 Å². The molecule has 0 bridgehead atoms. The number of hydrogen-bond acceptors (Lipinski definition) is 7. The van der Waals surface area contributed by atoms with Crippen molar-refractivity contribution in [3.05, 3.63) is 58.7 Å². The summed E-state index contributed by atoms with van der Waals surface area (Å²) in [5, 5.41) is 11.4. The Morgan fingerprint density at radius 2 is 1.71 bits per heavy atom. The van der Waals surface area contributed by atoms with Crippen LogP contribution in [0.15, 0.2) is 45.6 Å². The minimum Gasteiger partial charge on any atom is -0.296 e. The number of nitrogens with zero attached hydrogens (tertiary/aromatic N) is 2. The SMILES string of the molecule is Cc1ccc(NS(=O)(=O)c2cc(C(=O)Nc3nnc(SC(C)C)s3)ccc2C)cc1C. The highest BCUT2D eigenvalue weighted by Gasteiger charge is 2.20. The molecule has 0 unspecified atom stereocenters. The van der Waals surface area contributed by atoms with Gasteiger partial charge in [-0.3, -0.25) is 14.8 Å². The lowest BCUT2D eigenvalue weighted by atomic mass is 10.1. The lowest BCUT2D eigenvalue weighted by molar-refractivity contribution is 0.102. The number of benzene rings is 2. The first-order valence-electron chi connectivity index (χ1n) is 9.57. The van der Waals surface area contributed by atoms with Crippen LogP contribution in [0.2, 0.25) is 0 Å². The van der Waals surface area contributed by atoms with Gasteiger partial charge >= 0.3 is 0 Å². The third-order valence-electron chi connectivity index (χ3n) is 4.46. The standard InChI is InChI=1S/C21H24N4O3S3/c1-12(2)29-21-24-23-20(30-21)22-19(26)16-8-6-14(4)18(11-16)31(27,28)25-17-9-7-13(3)15(5)10-17/h6-12,25H,1-5H3,(H,22,23,26). The third-order valence-corrected chi connectivity index (χ3v) is 7.91. The summed E-state index contributed by atoms with van der Waals surface area (Å²) in [4.78, 5) is 12.7. The first-order chi connectivity index (χ1) is 14.5. The molecule has 3 rings (SSSR count). The van der Waals surface area contributed by atoms with Crippen LogP contribution < -0.4 is 10.0 Å². The van der Waals surface area contributed by atoms with E-state index in [-0.39, 0.29) is 10.5 Å². The van der Waals surface area contributed by atoms with Gasteiger partial charge in [-0.25, -0.2) is 8.42 Å². The number of sulfonamides is 1. The normalized spacial score (nSPS) is 11.5. The second kappa shape index (κ2) is 9.37. The third kappa shape index (κ3) is 5.84. The molecule has 10 heteroatoms. The number of anilines is 2. The first kappa shape index (κ1) is 23.2. The molecule has 2 N–H and O–H groups in total. The highest BCUT2D eigenvalue weighted by atomic mass is 32.2. The maximum atomic E-state index is 13.0. The van der Waals surface area contributed by atoms with E-state index in [1.807, 2.05) is 33.8 Å². The van der Waals surface area contributed by atoms with Crippen molar-refractivity contribution in [1.82, 2.24) is 10.2 Å². The highest BCUT2D eigenvalue weighted by Crippen LogP contribution is 2.29. The average molecular weight is 477 g/mol. The van der Waals surface area contributed by atoms with Crippen molar-refractivity contribution in [3.8, 4) is 0 Å². The summed E-state index contributed by atoms with van der Waals surface area (Å²) in [7, 11) is -3.87. The molecule has 3 aromatic rings. The number of aryl methyl sites for hydroxylation is 3. The van der Waals surface area contributed by atoms with Crippen LogP contribution in [-0.2, 0) is 10.0 Å². The predicted octanol–water partition coefficient (Wildman–Crippen LogP) is 5.02. The van der Waals surface area contributed by atoms with E-state index in [2.05, 4.69) is 20.2 Å². The minimum absolute atomic E-state index is 0.0479. The Labute approximate surface area is 190 Å². The van der Waals surface area contributed by atoms with Gasteiger partial charge in [-0.15, -0.1) is 10.2 Å². The summed E-state index contributed by atoms with van der Waals surface area (Å²) in [6, 6.07) is 9.93. The van der Waals surface area contributed by atoms with Crippen LogP contribution in [0, 0.1) is 20.8 Å². The number of thioether (sulfide) groups is 1. The zero-order valence-corrected chi connectivity index (χ0v) is 20.3. The zero-order chi connectivity index (χ0) is 22.8. The molecule has 7 nitrogen and oxygen atoms in total. The molecular formula is C21H24N4O3S3. The fourth-order valence-corrected chi connectivity index (χ4v) is 6.02. The lowest BCUT2D eigenvalue weighted by Crippen LogP contribution is -2.17. The summed E-state index contributed by atoms with van der Waals surface area (Å²) >= 11 is 2.84. The van der Waals surface area contributed by atoms with Gasteiger partial charge in [0.2, 0.25) is 5.13 Å². The molecule has 0 saturated heterocycles. The molecule has 1 amide bonds. The second-order valence-electron chi connectivity index (χ2n) is 7.38. The molecule has 164 valence electrons. The van der Waals surface area contributed by atoms with E-state index >= 15 is 0 Å². The Morgan fingerprint density at radius 1 is 1.00 bits per heavy atom. The fraction of sp³-hybridized carbons (Fsp3) is 0.286. The molecule has 1 aromatic heterocycles. The number of aromatic nitrogens is 2. The van der Waals surface area contributed by atoms with Gasteiger partial charge in [0.05, 0.1) is 4.90 Å². The fourth-order valence-electron chi connectivity index (χ4n) is 2.72.